The van der Waals surface area contributed by atoms with Gasteiger partial charge in [0, 0.05) is 23.4 Å². The summed E-state index contributed by atoms with van der Waals surface area (Å²) in [6.07, 6.45) is 1.97. The Morgan fingerprint density at radius 3 is 2.81 bits per heavy atom. The lowest BCUT2D eigenvalue weighted by atomic mass is 10.0. The highest BCUT2D eigenvalue weighted by molar-refractivity contribution is 5.94. The number of nitrogens with one attached hydrogen (secondary N) is 1. The Morgan fingerprint density at radius 1 is 1.38 bits per heavy atom. The fourth-order valence-electron chi connectivity index (χ4n) is 2.14. The molecule has 1 aromatic heterocycles. The first-order valence-electron chi connectivity index (χ1n) is 6.71. The van der Waals surface area contributed by atoms with E-state index in [2.05, 4.69) is 10.3 Å². The minimum absolute atomic E-state index is 0.204. The lowest BCUT2D eigenvalue weighted by molar-refractivity contribution is 0.0934. The number of rotatable bonds is 5. The summed E-state index contributed by atoms with van der Waals surface area (Å²) >= 11 is 0. The molecular weight excluding hydrogens is 271 g/mol. The predicted octanol–water partition coefficient (Wildman–Crippen LogP) is 3.11. The van der Waals surface area contributed by atoms with Gasteiger partial charge in [0.25, 0.3) is 5.91 Å². The molecular formula is C16H17FN2O2. The summed E-state index contributed by atoms with van der Waals surface area (Å²) in [6, 6.07) is 9.90. The molecule has 1 heterocycles. The van der Waals surface area contributed by atoms with Gasteiger partial charge in [-0.2, -0.15) is 4.39 Å². The van der Waals surface area contributed by atoms with Gasteiger partial charge in [-0.15, -0.1) is 0 Å². The van der Waals surface area contributed by atoms with Crippen LogP contribution in [0.25, 0.3) is 0 Å². The van der Waals surface area contributed by atoms with E-state index in [1.807, 2.05) is 31.2 Å². The van der Waals surface area contributed by atoms with Crippen molar-refractivity contribution in [2.45, 2.75) is 19.4 Å². The number of pyridine rings is 1. The van der Waals surface area contributed by atoms with Crippen LogP contribution < -0.4 is 10.1 Å². The third kappa shape index (κ3) is 3.56. The molecule has 1 unspecified atom stereocenters. The highest BCUT2D eigenvalue weighted by Crippen LogP contribution is 2.27. The molecule has 21 heavy (non-hydrogen) atoms. The van der Waals surface area contributed by atoms with Crippen LogP contribution in [0.5, 0.6) is 5.75 Å². The zero-order valence-electron chi connectivity index (χ0n) is 12.0. The van der Waals surface area contributed by atoms with Crippen molar-refractivity contribution in [3.8, 4) is 5.75 Å². The van der Waals surface area contributed by atoms with Gasteiger partial charge in [0.05, 0.1) is 13.2 Å². The van der Waals surface area contributed by atoms with E-state index in [0.29, 0.717) is 12.2 Å². The summed E-state index contributed by atoms with van der Waals surface area (Å²) in [6.45, 7) is 1.96. The molecule has 1 amide bonds. The van der Waals surface area contributed by atoms with Crippen molar-refractivity contribution in [2.75, 3.05) is 7.11 Å². The van der Waals surface area contributed by atoms with Gasteiger partial charge in [-0.1, -0.05) is 25.1 Å². The number of aromatic nitrogens is 1. The molecule has 0 aliphatic rings. The van der Waals surface area contributed by atoms with E-state index >= 15 is 0 Å². The Bertz CT molecular complexity index is 631. The molecule has 110 valence electrons. The maximum Gasteiger partial charge on any atom is 0.251 e. The number of methoxy groups -OCH3 is 1. The third-order valence-corrected chi connectivity index (χ3v) is 3.22. The van der Waals surface area contributed by atoms with Gasteiger partial charge in [0.15, 0.2) is 0 Å². The molecule has 1 N–H and O–H groups in total. The Kier molecular flexibility index (Phi) is 4.87. The monoisotopic (exact) mass is 288 g/mol. The zero-order valence-corrected chi connectivity index (χ0v) is 12.0. The van der Waals surface area contributed by atoms with E-state index in [1.165, 1.54) is 12.3 Å². The average molecular weight is 288 g/mol. The second-order valence-electron chi connectivity index (χ2n) is 4.54. The van der Waals surface area contributed by atoms with Crippen LogP contribution in [0.1, 0.15) is 35.3 Å². The van der Waals surface area contributed by atoms with E-state index in [4.69, 9.17) is 4.74 Å². The predicted molar refractivity (Wildman–Crippen MR) is 77.7 cm³/mol. The van der Waals surface area contributed by atoms with Crippen molar-refractivity contribution in [2.24, 2.45) is 0 Å². The number of nitrogens with zero attached hydrogens (tertiary/aromatic N) is 1. The number of ether oxygens (including phenoxy) is 1. The van der Waals surface area contributed by atoms with Crippen LogP contribution in [0.2, 0.25) is 0 Å². The molecule has 0 radical (unpaired) electrons. The van der Waals surface area contributed by atoms with Crippen LogP contribution in [0.4, 0.5) is 4.39 Å². The maximum atomic E-state index is 13.1. The minimum atomic E-state index is -0.673. The number of carbonyl (C=O) groups excluding carboxylic acids is 1. The molecule has 1 aromatic carbocycles. The molecule has 0 aliphatic heterocycles. The fourth-order valence-corrected chi connectivity index (χ4v) is 2.14. The molecule has 1 atom stereocenters. The Morgan fingerprint density at radius 2 is 2.14 bits per heavy atom. The average Bonchev–Trinajstić information content (AvgIpc) is 2.52. The SMILES string of the molecule is CCC(NC(=O)c1ccnc(F)c1)c1ccccc1OC. The number of hydrogen-bond donors (Lipinski definition) is 1. The van der Waals surface area contributed by atoms with Crippen LogP contribution in [-0.4, -0.2) is 18.0 Å². The molecule has 0 aliphatic carbocycles. The molecule has 4 nitrogen and oxygen atoms in total. The Balaban J connectivity index is 2.21. The van der Waals surface area contributed by atoms with Crippen LogP contribution in [0, 0.1) is 5.95 Å². The summed E-state index contributed by atoms with van der Waals surface area (Å²) in [4.78, 5) is 15.6. The fraction of sp³-hybridized carbons (Fsp3) is 0.250. The van der Waals surface area contributed by atoms with Crippen molar-refractivity contribution < 1.29 is 13.9 Å². The van der Waals surface area contributed by atoms with Gasteiger partial charge in [-0.05, 0) is 18.6 Å². The second-order valence-corrected chi connectivity index (χ2v) is 4.54. The van der Waals surface area contributed by atoms with E-state index in [0.717, 1.165) is 11.6 Å². The number of carbonyl (C=O) groups is 1. The van der Waals surface area contributed by atoms with E-state index < -0.39 is 5.95 Å². The first-order chi connectivity index (χ1) is 10.2. The summed E-state index contributed by atoms with van der Waals surface area (Å²) in [5.74, 6) is -0.299. The van der Waals surface area contributed by atoms with Gasteiger partial charge >= 0.3 is 0 Å². The lowest BCUT2D eigenvalue weighted by Gasteiger charge is -2.20. The Hall–Kier alpha value is -2.43. The highest BCUT2D eigenvalue weighted by atomic mass is 19.1. The molecule has 2 aromatic rings. The van der Waals surface area contributed by atoms with Crippen molar-refractivity contribution in [1.82, 2.24) is 10.3 Å². The number of hydrogen-bond acceptors (Lipinski definition) is 3. The normalized spacial score (nSPS) is 11.8. The first-order valence-corrected chi connectivity index (χ1v) is 6.71. The van der Waals surface area contributed by atoms with Gasteiger partial charge in [0.2, 0.25) is 5.95 Å². The van der Waals surface area contributed by atoms with Crippen molar-refractivity contribution in [1.29, 1.82) is 0 Å². The minimum Gasteiger partial charge on any atom is -0.496 e. The van der Waals surface area contributed by atoms with Gasteiger partial charge in [0.1, 0.15) is 5.75 Å². The van der Waals surface area contributed by atoms with Crippen molar-refractivity contribution in [3.63, 3.8) is 0 Å². The molecule has 5 heteroatoms. The number of para-hydroxylation sites is 1. The largest absolute Gasteiger partial charge is 0.496 e. The third-order valence-electron chi connectivity index (χ3n) is 3.22. The van der Waals surface area contributed by atoms with E-state index in [1.54, 1.807) is 7.11 Å². The van der Waals surface area contributed by atoms with Gasteiger partial charge in [-0.3, -0.25) is 4.79 Å². The number of amides is 1. The molecule has 0 spiro atoms. The van der Waals surface area contributed by atoms with Crippen LogP contribution >= 0.6 is 0 Å². The first kappa shape index (κ1) is 15.0. The summed E-state index contributed by atoms with van der Waals surface area (Å²) < 4.78 is 18.4. The molecule has 2 rings (SSSR count). The van der Waals surface area contributed by atoms with Gasteiger partial charge < -0.3 is 10.1 Å². The van der Waals surface area contributed by atoms with Crippen molar-refractivity contribution in [3.05, 3.63) is 59.7 Å². The lowest BCUT2D eigenvalue weighted by Crippen LogP contribution is -2.28. The zero-order chi connectivity index (χ0) is 15.2. The summed E-state index contributed by atoms with van der Waals surface area (Å²) in [5.41, 5.74) is 1.14. The molecule has 0 fully saturated rings. The van der Waals surface area contributed by atoms with E-state index in [9.17, 15) is 9.18 Å². The smallest absolute Gasteiger partial charge is 0.251 e. The maximum absolute atomic E-state index is 13.1. The summed E-state index contributed by atoms with van der Waals surface area (Å²) in [7, 11) is 1.59. The van der Waals surface area contributed by atoms with E-state index in [-0.39, 0.29) is 17.5 Å². The van der Waals surface area contributed by atoms with Crippen LogP contribution in [0.15, 0.2) is 42.6 Å². The van der Waals surface area contributed by atoms with Crippen molar-refractivity contribution >= 4 is 5.91 Å². The number of halogens is 1. The second kappa shape index (κ2) is 6.83. The molecule has 0 bridgehead atoms. The van der Waals surface area contributed by atoms with Crippen LogP contribution in [-0.2, 0) is 0 Å². The Labute approximate surface area is 123 Å². The highest BCUT2D eigenvalue weighted by Gasteiger charge is 2.17. The number of benzene rings is 1. The quantitative estimate of drug-likeness (QED) is 0.860. The van der Waals surface area contributed by atoms with Crippen LogP contribution in [0.3, 0.4) is 0 Å². The standard InChI is InChI=1S/C16H17FN2O2/c1-3-13(12-6-4-5-7-14(12)21-2)19-16(20)11-8-9-18-15(17)10-11/h4-10,13H,3H2,1-2H3,(H,19,20). The topological polar surface area (TPSA) is 51.2 Å². The van der Waals surface area contributed by atoms with Gasteiger partial charge in [-0.25, -0.2) is 4.98 Å². The summed E-state index contributed by atoms with van der Waals surface area (Å²) in [5, 5.41) is 2.89. The molecule has 0 saturated carbocycles. The molecule has 0 saturated heterocycles.